The van der Waals surface area contributed by atoms with E-state index in [-0.39, 0.29) is 32.5 Å². The predicted molar refractivity (Wildman–Crippen MR) is 260 cm³/mol. The van der Waals surface area contributed by atoms with Gasteiger partial charge in [-0.05, 0) is 123 Å². The van der Waals surface area contributed by atoms with Crippen LogP contribution in [0.15, 0.2) is 36.4 Å². The van der Waals surface area contributed by atoms with E-state index in [0.29, 0.717) is 0 Å². The number of hydrogen-bond donors (Lipinski definition) is 0. The fraction of sp³-hybridized carbons (Fsp3) is 0.579. The molecule has 60 heavy (non-hydrogen) atoms. The SMILES string of the molecule is COc1c(C(C)(C)C)cc(Cc2c(C)c(Cc3cc(C(C)(C)C)c(OC)c(C(C)(C)C)c3)c(C)c(Cc3cc(C(C)(C)C)c(OC)c(C(C)(C)C)c3)c2C)cc1C(C)(C)C. The van der Waals surface area contributed by atoms with Crippen molar-refractivity contribution in [3.63, 3.8) is 0 Å². The van der Waals surface area contributed by atoms with E-state index in [9.17, 15) is 0 Å². The van der Waals surface area contributed by atoms with Gasteiger partial charge in [0.15, 0.2) is 0 Å². The van der Waals surface area contributed by atoms with Crippen molar-refractivity contribution in [3.8, 4) is 17.2 Å². The predicted octanol–water partition coefficient (Wildman–Crippen LogP) is 15.2. The molecule has 0 aliphatic carbocycles. The summed E-state index contributed by atoms with van der Waals surface area (Å²) >= 11 is 0. The fourth-order valence-electron chi connectivity index (χ4n) is 9.17. The largest absolute Gasteiger partial charge is 0.496 e. The van der Waals surface area contributed by atoms with Gasteiger partial charge in [0, 0.05) is 33.4 Å². The molecule has 4 aromatic rings. The van der Waals surface area contributed by atoms with Crippen LogP contribution in [0.2, 0.25) is 0 Å². The van der Waals surface area contributed by atoms with E-state index >= 15 is 0 Å². The third-order valence-electron chi connectivity index (χ3n) is 12.8. The van der Waals surface area contributed by atoms with Gasteiger partial charge in [-0.2, -0.15) is 0 Å². The fourth-order valence-corrected chi connectivity index (χ4v) is 9.17. The van der Waals surface area contributed by atoms with Crippen LogP contribution in [0.4, 0.5) is 0 Å². The van der Waals surface area contributed by atoms with Gasteiger partial charge < -0.3 is 14.2 Å². The monoisotopic (exact) mass is 817 g/mol. The molecule has 0 radical (unpaired) electrons. The molecule has 4 aromatic carbocycles. The molecule has 0 atom stereocenters. The summed E-state index contributed by atoms with van der Waals surface area (Å²) in [5.74, 6) is 3.06. The zero-order chi connectivity index (χ0) is 45.9. The van der Waals surface area contributed by atoms with E-state index in [1.54, 1.807) is 0 Å². The van der Waals surface area contributed by atoms with Gasteiger partial charge in [-0.1, -0.05) is 161 Å². The molecular weight excluding hydrogens is 733 g/mol. The van der Waals surface area contributed by atoms with Crippen LogP contribution in [0.1, 0.15) is 208 Å². The number of benzene rings is 4. The molecule has 3 nitrogen and oxygen atoms in total. The van der Waals surface area contributed by atoms with Gasteiger partial charge in [-0.15, -0.1) is 0 Å². The number of rotatable bonds is 9. The molecule has 330 valence electrons. The lowest BCUT2D eigenvalue weighted by atomic mass is 9.75. The summed E-state index contributed by atoms with van der Waals surface area (Å²) in [5, 5.41) is 0. The van der Waals surface area contributed by atoms with Crippen molar-refractivity contribution >= 4 is 0 Å². The topological polar surface area (TPSA) is 27.7 Å². The van der Waals surface area contributed by atoms with Crippen molar-refractivity contribution in [2.45, 2.75) is 197 Å². The van der Waals surface area contributed by atoms with Crippen molar-refractivity contribution in [2.75, 3.05) is 21.3 Å². The molecule has 0 aromatic heterocycles. The molecule has 0 N–H and O–H groups in total. The van der Waals surface area contributed by atoms with Crippen LogP contribution >= 0.6 is 0 Å². The minimum Gasteiger partial charge on any atom is -0.496 e. The summed E-state index contributed by atoms with van der Waals surface area (Å²) in [6, 6.07) is 14.6. The smallest absolute Gasteiger partial charge is 0.126 e. The molecular formula is C57H84O3. The van der Waals surface area contributed by atoms with E-state index < -0.39 is 0 Å². The van der Waals surface area contributed by atoms with Gasteiger partial charge in [-0.25, -0.2) is 0 Å². The van der Waals surface area contributed by atoms with Crippen molar-refractivity contribution in [3.05, 3.63) is 120 Å². The normalized spacial score (nSPS) is 13.2. The van der Waals surface area contributed by atoms with Crippen LogP contribution in [0.3, 0.4) is 0 Å². The van der Waals surface area contributed by atoms with Crippen molar-refractivity contribution in [1.82, 2.24) is 0 Å². The number of hydrogen-bond acceptors (Lipinski definition) is 3. The Kier molecular flexibility index (Phi) is 13.8. The molecule has 0 amide bonds. The van der Waals surface area contributed by atoms with E-state index in [1.165, 1.54) is 83.5 Å². The summed E-state index contributed by atoms with van der Waals surface area (Å²) in [5.41, 5.74) is 19.6. The molecule has 3 heteroatoms. The quantitative estimate of drug-likeness (QED) is 0.168. The molecule has 4 rings (SSSR count). The average molecular weight is 817 g/mol. The van der Waals surface area contributed by atoms with Crippen LogP contribution in [0.25, 0.3) is 0 Å². The Bertz CT molecular complexity index is 1830. The molecule has 0 aliphatic heterocycles. The zero-order valence-corrected chi connectivity index (χ0v) is 42.8. The van der Waals surface area contributed by atoms with Crippen LogP contribution in [0.5, 0.6) is 17.2 Å². The first-order valence-electron chi connectivity index (χ1n) is 22.4. The second-order valence-electron chi connectivity index (χ2n) is 24.0. The Morgan fingerprint density at radius 3 is 0.567 bits per heavy atom. The van der Waals surface area contributed by atoms with Gasteiger partial charge >= 0.3 is 0 Å². The van der Waals surface area contributed by atoms with Crippen LogP contribution in [-0.2, 0) is 51.8 Å². The Labute approximate surface area is 368 Å². The van der Waals surface area contributed by atoms with Crippen LogP contribution in [0, 0.1) is 20.8 Å². The summed E-state index contributed by atoms with van der Waals surface area (Å²) in [7, 11) is 5.49. The number of methoxy groups -OCH3 is 3. The molecule has 0 unspecified atom stereocenters. The van der Waals surface area contributed by atoms with Crippen molar-refractivity contribution in [2.24, 2.45) is 0 Å². The second-order valence-corrected chi connectivity index (χ2v) is 24.0. The molecule has 0 saturated heterocycles. The first-order valence-corrected chi connectivity index (χ1v) is 22.4. The van der Waals surface area contributed by atoms with E-state index in [4.69, 9.17) is 14.2 Å². The lowest BCUT2D eigenvalue weighted by Gasteiger charge is -2.31. The molecule has 0 bridgehead atoms. The van der Waals surface area contributed by atoms with Crippen LogP contribution in [-0.4, -0.2) is 21.3 Å². The summed E-state index contributed by atoms with van der Waals surface area (Å²) in [4.78, 5) is 0. The summed E-state index contributed by atoms with van der Waals surface area (Å²) < 4.78 is 18.7. The minimum atomic E-state index is -0.0805. The Morgan fingerprint density at radius 1 is 0.300 bits per heavy atom. The maximum absolute atomic E-state index is 6.22. The third kappa shape index (κ3) is 10.3. The van der Waals surface area contributed by atoms with Crippen molar-refractivity contribution < 1.29 is 14.2 Å². The van der Waals surface area contributed by atoms with E-state index in [2.05, 4.69) is 182 Å². The standard InChI is InChI=1S/C57H84O3/c1-34-40(25-37-28-43(52(4,5)6)49(58-22)44(29-37)53(7,8)9)35(2)42(27-39-32-47(56(16,17)18)51(60-24)48(33-39)57(19,20)21)36(3)41(34)26-38-30-45(54(10,11)12)50(59-23)46(31-38)55(13,14)15/h28-33H,25-27H2,1-24H3. The maximum atomic E-state index is 6.22. The lowest BCUT2D eigenvalue weighted by Crippen LogP contribution is -2.20. The molecule has 0 saturated carbocycles. The average Bonchev–Trinajstić information content (AvgIpc) is 3.10. The highest BCUT2D eigenvalue weighted by atomic mass is 16.5. The molecule has 0 fully saturated rings. The Morgan fingerprint density at radius 2 is 0.450 bits per heavy atom. The number of ether oxygens (including phenoxy) is 3. The Hall–Kier alpha value is -3.72. The molecule has 0 spiro atoms. The zero-order valence-electron chi connectivity index (χ0n) is 42.8. The second kappa shape index (κ2) is 16.9. The van der Waals surface area contributed by atoms with Gasteiger partial charge in [0.2, 0.25) is 0 Å². The Balaban J connectivity index is 2.14. The van der Waals surface area contributed by atoms with Gasteiger partial charge in [-0.3, -0.25) is 0 Å². The van der Waals surface area contributed by atoms with E-state index in [1.807, 2.05) is 21.3 Å². The summed E-state index contributed by atoms with van der Waals surface area (Å²) in [6.07, 6.45) is 2.54. The highest BCUT2D eigenvalue weighted by molar-refractivity contribution is 5.59. The highest BCUT2D eigenvalue weighted by Gasteiger charge is 2.32. The van der Waals surface area contributed by atoms with Gasteiger partial charge in [0.1, 0.15) is 17.2 Å². The van der Waals surface area contributed by atoms with Crippen LogP contribution < -0.4 is 14.2 Å². The molecule has 0 heterocycles. The first kappa shape index (κ1) is 48.9. The van der Waals surface area contributed by atoms with E-state index in [0.717, 1.165) is 36.5 Å². The van der Waals surface area contributed by atoms with Gasteiger partial charge in [0.05, 0.1) is 21.3 Å². The molecule has 0 aliphatic rings. The van der Waals surface area contributed by atoms with Gasteiger partial charge in [0.25, 0.3) is 0 Å². The first-order chi connectivity index (χ1) is 27.2. The lowest BCUT2D eigenvalue weighted by molar-refractivity contribution is 0.381. The van der Waals surface area contributed by atoms with Crippen molar-refractivity contribution in [1.29, 1.82) is 0 Å². The highest BCUT2D eigenvalue weighted by Crippen LogP contribution is 2.45. The third-order valence-corrected chi connectivity index (χ3v) is 12.8. The maximum Gasteiger partial charge on any atom is 0.126 e. The summed E-state index contributed by atoms with van der Waals surface area (Å²) in [6.45, 7) is 48.6. The minimum absolute atomic E-state index is 0.0805.